The minimum absolute atomic E-state index is 0. The van der Waals surface area contributed by atoms with E-state index in [0.29, 0.717) is 24.1 Å². The van der Waals surface area contributed by atoms with Crippen molar-refractivity contribution in [3.8, 4) is 5.75 Å². The number of esters is 1. The molecule has 0 bridgehead atoms. The van der Waals surface area contributed by atoms with Gasteiger partial charge in [0.1, 0.15) is 5.75 Å². The van der Waals surface area contributed by atoms with Gasteiger partial charge in [-0.3, -0.25) is 4.79 Å². The first-order valence-corrected chi connectivity index (χ1v) is 8.31. The molecule has 1 N–H and O–H groups in total. The molecular formula is C20H22ClNO4. The summed E-state index contributed by atoms with van der Waals surface area (Å²) in [7, 11) is 1.92. The van der Waals surface area contributed by atoms with Crippen molar-refractivity contribution in [3.05, 3.63) is 65.7 Å². The Hall–Kier alpha value is -2.37. The fourth-order valence-corrected chi connectivity index (χ4v) is 3.23. The summed E-state index contributed by atoms with van der Waals surface area (Å²) in [6.07, 6.45) is 1.27. The van der Waals surface area contributed by atoms with Crippen molar-refractivity contribution in [1.82, 2.24) is 4.90 Å². The number of hydrogen-bond acceptors (Lipinski definition) is 5. The van der Waals surface area contributed by atoms with Crippen LogP contribution in [0.25, 0.3) is 0 Å². The zero-order valence-corrected chi connectivity index (χ0v) is 15.4. The normalized spacial score (nSPS) is 20.0. The molecule has 0 saturated carbocycles. The van der Waals surface area contributed by atoms with Gasteiger partial charge in [0, 0.05) is 12.1 Å². The Labute approximate surface area is 159 Å². The molecule has 1 aliphatic rings. The fraction of sp³-hybridized carbons (Fsp3) is 0.300. The molecule has 0 aliphatic carbocycles. The van der Waals surface area contributed by atoms with E-state index in [-0.39, 0.29) is 23.9 Å². The number of phenolic OH excluding ortho intramolecular Hbond substituents is 1. The largest absolute Gasteiger partial charge is 0.508 e. The zero-order valence-electron chi connectivity index (χ0n) is 14.6. The van der Waals surface area contributed by atoms with E-state index in [1.165, 1.54) is 24.3 Å². The zero-order chi connectivity index (χ0) is 17.9. The number of likely N-dealkylation sites (tertiary alicyclic amines) is 1. The summed E-state index contributed by atoms with van der Waals surface area (Å²) in [6, 6.07) is 14.8. The number of carbonyl (C=O) groups excluding carboxylic acids is 2. The quantitative estimate of drug-likeness (QED) is 0.656. The maximum atomic E-state index is 13.1. The van der Waals surface area contributed by atoms with Crippen LogP contribution in [0.4, 0.5) is 0 Å². The first-order chi connectivity index (χ1) is 12.0. The molecule has 6 heteroatoms. The van der Waals surface area contributed by atoms with Crippen LogP contribution in [-0.2, 0) is 4.74 Å². The summed E-state index contributed by atoms with van der Waals surface area (Å²) in [6.45, 7) is 1.23. The lowest BCUT2D eigenvalue weighted by atomic mass is 9.85. The first kappa shape index (κ1) is 19.9. The van der Waals surface area contributed by atoms with E-state index in [9.17, 15) is 14.7 Å². The molecule has 2 aromatic carbocycles. The first-order valence-electron chi connectivity index (χ1n) is 8.31. The van der Waals surface area contributed by atoms with Crippen LogP contribution in [0.15, 0.2) is 54.6 Å². The molecule has 26 heavy (non-hydrogen) atoms. The van der Waals surface area contributed by atoms with Crippen LogP contribution in [-0.4, -0.2) is 47.5 Å². The smallest absolute Gasteiger partial charge is 0.339 e. The van der Waals surface area contributed by atoms with E-state index in [1.807, 2.05) is 18.0 Å². The Morgan fingerprint density at radius 1 is 1.04 bits per heavy atom. The van der Waals surface area contributed by atoms with Crippen molar-refractivity contribution in [2.24, 2.45) is 0 Å². The number of Topliss-reactive ketones (excluding diaryl/α,β-unsaturated/α-hetero) is 1. The molecule has 1 atom stereocenters. The topological polar surface area (TPSA) is 66.8 Å². The average Bonchev–Trinajstić information content (AvgIpc) is 2.62. The van der Waals surface area contributed by atoms with Gasteiger partial charge >= 0.3 is 5.97 Å². The summed E-state index contributed by atoms with van der Waals surface area (Å²) >= 11 is 0. The van der Waals surface area contributed by atoms with Gasteiger partial charge in [0.05, 0.1) is 5.56 Å². The van der Waals surface area contributed by atoms with Gasteiger partial charge in [-0.05, 0) is 50.7 Å². The molecule has 1 fully saturated rings. The van der Waals surface area contributed by atoms with Crippen LogP contribution in [0.1, 0.15) is 33.6 Å². The number of phenols is 1. The van der Waals surface area contributed by atoms with Crippen molar-refractivity contribution < 1.29 is 19.4 Å². The molecular weight excluding hydrogens is 354 g/mol. The highest BCUT2D eigenvalue weighted by atomic mass is 35.5. The fourth-order valence-electron chi connectivity index (χ4n) is 3.23. The third kappa shape index (κ3) is 4.23. The minimum atomic E-state index is -1.19. The van der Waals surface area contributed by atoms with E-state index in [2.05, 4.69) is 0 Å². The van der Waals surface area contributed by atoms with Gasteiger partial charge in [-0.2, -0.15) is 0 Å². The maximum Gasteiger partial charge on any atom is 0.339 e. The second-order valence-corrected chi connectivity index (χ2v) is 6.47. The lowest BCUT2D eigenvalue weighted by Crippen LogP contribution is -2.54. The molecule has 0 aromatic heterocycles. The van der Waals surface area contributed by atoms with Crippen LogP contribution in [0, 0.1) is 0 Å². The Balaban J connectivity index is 0.00000243. The molecule has 3 rings (SSSR count). The maximum absolute atomic E-state index is 13.1. The highest BCUT2D eigenvalue weighted by Gasteiger charge is 2.45. The van der Waals surface area contributed by atoms with Crippen LogP contribution in [0.5, 0.6) is 5.75 Å². The number of carbonyl (C=O) groups is 2. The standard InChI is InChI=1S/C20H21NO4.ClH/c1-21-13-5-12-20(14-21,18(23)15-6-3-2-4-7-15)25-19(24)16-8-10-17(22)11-9-16;/h2-4,6-11,22H,5,12-14H2,1H3;1H. The second-order valence-electron chi connectivity index (χ2n) is 6.47. The Bertz CT molecular complexity index is 763. The number of aromatic hydroxyl groups is 1. The Morgan fingerprint density at radius 2 is 1.69 bits per heavy atom. The number of hydrogen-bond donors (Lipinski definition) is 1. The summed E-state index contributed by atoms with van der Waals surface area (Å²) in [4.78, 5) is 27.7. The third-order valence-electron chi connectivity index (χ3n) is 4.49. The van der Waals surface area contributed by atoms with Crippen molar-refractivity contribution in [3.63, 3.8) is 0 Å². The molecule has 2 aromatic rings. The molecule has 0 spiro atoms. The molecule has 0 amide bonds. The number of rotatable bonds is 4. The number of likely N-dealkylation sites (N-methyl/N-ethyl adjacent to an activating group) is 1. The van der Waals surface area contributed by atoms with E-state index >= 15 is 0 Å². The van der Waals surface area contributed by atoms with Gasteiger partial charge in [-0.25, -0.2) is 4.79 Å². The monoisotopic (exact) mass is 375 g/mol. The number of benzene rings is 2. The summed E-state index contributed by atoms with van der Waals surface area (Å²) in [5, 5.41) is 9.37. The van der Waals surface area contributed by atoms with E-state index in [4.69, 9.17) is 4.74 Å². The van der Waals surface area contributed by atoms with Crippen LogP contribution < -0.4 is 0 Å². The molecule has 1 aliphatic heterocycles. The third-order valence-corrected chi connectivity index (χ3v) is 4.49. The van der Waals surface area contributed by atoms with Crippen molar-refractivity contribution in [2.75, 3.05) is 20.1 Å². The van der Waals surface area contributed by atoms with Crippen LogP contribution >= 0.6 is 12.4 Å². The van der Waals surface area contributed by atoms with Gasteiger partial charge in [0.2, 0.25) is 5.78 Å². The summed E-state index contributed by atoms with van der Waals surface area (Å²) < 4.78 is 5.78. The summed E-state index contributed by atoms with van der Waals surface area (Å²) in [5.41, 5.74) is -0.342. The SMILES string of the molecule is CN1CCCC(OC(=O)c2ccc(O)cc2)(C(=O)c2ccccc2)C1.Cl. The van der Waals surface area contributed by atoms with E-state index < -0.39 is 11.6 Å². The van der Waals surface area contributed by atoms with Gasteiger partial charge in [-0.15, -0.1) is 12.4 Å². The van der Waals surface area contributed by atoms with E-state index in [1.54, 1.807) is 24.3 Å². The number of piperidine rings is 1. The Kier molecular flexibility index (Phi) is 6.40. The average molecular weight is 376 g/mol. The number of halogens is 1. The predicted molar refractivity (Wildman–Crippen MR) is 101 cm³/mol. The minimum Gasteiger partial charge on any atom is -0.508 e. The Morgan fingerprint density at radius 3 is 2.31 bits per heavy atom. The van der Waals surface area contributed by atoms with Gasteiger partial charge in [0.25, 0.3) is 0 Å². The highest BCUT2D eigenvalue weighted by molar-refractivity contribution is 6.04. The van der Waals surface area contributed by atoms with Gasteiger partial charge in [-0.1, -0.05) is 30.3 Å². The molecule has 1 heterocycles. The lowest BCUT2D eigenvalue weighted by molar-refractivity contribution is -0.0364. The lowest BCUT2D eigenvalue weighted by Gasteiger charge is -2.39. The number of ketones is 1. The van der Waals surface area contributed by atoms with Crippen molar-refractivity contribution in [1.29, 1.82) is 0 Å². The van der Waals surface area contributed by atoms with Crippen LogP contribution in [0.3, 0.4) is 0 Å². The van der Waals surface area contributed by atoms with Crippen molar-refractivity contribution in [2.45, 2.75) is 18.4 Å². The molecule has 5 nitrogen and oxygen atoms in total. The number of ether oxygens (including phenoxy) is 1. The molecule has 1 unspecified atom stereocenters. The molecule has 138 valence electrons. The van der Waals surface area contributed by atoms with E-state index in [0.717, 1.165) is 13.0 Å². The predicted octanol–water partition coefficient (Wildman–Crippen LogP) is 3.32. The second kappa shape index (κ2) is 8.34. The number of nitrogens with zero attached hydrogens (tertiary/aromatic N) is 1. The molecule has 0 radical (unpaired) electrons. The molecule has 1 saturated heterocycles. The summed E-state index contributed by atoms with van der Waals surface area (Å²) in [5.74, 6) is -0.657. The van der Waals surface area contributed by atoms with Gasteiger partial charge in [0.15, 0.2) is 5.60 Å². The highest BCUT2D eigenvalue weighted by Crippen LogP contribution is 2.30. The van der Waals surface area contributed by atoms with Crippen molar-refractivity contribution >= 4 is 24.2 Å². The van der Waals surface area contributed by atoms with Gasteiger partial charge < -0.3 is 14.7 Å². The van der Waals surface area contributed by atoms with Crippen LogP contribution in [0.2, 0.25) is 0 Å².